The number of nitrogens with zero attached hydrogens (tertiary/aromatic N) is 3. The van der Waals surface area contributed by atoms with Gasteiger partial charge in [0.25, 0.3) is 0 Å². The lowest BCUT2D eigenvalue weighted by Crippen LogP contribution is -2.21. The highest BCUT2D eigenvalue weighted by atomic mass is 16.5. The molecule has 184 valence electrons. The quantitative estimate of drug-likeness (QED) is 0.331. The molecule has 0 saturated carbocycles. The highest BCUT2D eigenvalue weighted by Gasteiger charge is 2.21. The van der Waals surface area contributed by atoms with Crippen molar-refractivity contribution in [3.63, 3.8) is 0 Å². The van der Waals surface area contributed by atoms with Gasteiger partial charge in [0.15, 0.2) is 0 Å². The van der Waals surface area contributed by atoms with Crippen LogP contribution in [-0.4, -0.2) is 72.8 Å². The molecular formula is C23H41N3O6. The summed E-state index contributed by atoms with van der Waals surface area (Å²) in [6, 6.07) is 0. The molecule has 0 N–H and O–H groups in total. The van der Waals surface area contributed by atoms with Crippen molar-refractivity contribution < 1.29 is 28.5 Å². The summed E-state index contributed by atoms with van der Waals surface area (Å²) in [6.45, 7) is 15.5. The van der Waals surface area contributed by atoms with Crippen molar-refractivity contribution in [1.29, 1.82) is 0 Å². The molecule has 0 saturated heterocycles. The number of carbonyl (C=O) groups excluding carboxylic acids is 2. The van der Waals surface area contributed by atoms with Crippen molar-refractivity contribution >= 4 is 11.6 Å². The summed E-state index contributed by atoms with van der Waals surface area (Å²) in [4.78, 5) is 23.6. The van der Waals surface area contributed by atoms with E-state index in [1.165, 1.54) is 0 Å². The molecule has 0 radical (unpaired) electrons. The number of aromatic nitrogens is 3. The average molecular weight is 456 g/mol. The summed E-state index contributed by atoms with van der Waals surface area (Å²) in [5.74, 6) is 0.394. The maximum Gasteiger partial charge on any atom is 0.140 e. The zero-order chi connectivity index (χ0) is 24.0. The van der Waals surface area contributed by atoms with E-state index in [4.69, 9.17) is 18.9 Å². The van der Waals surface area contributed by atoms with Gasteiger partial charge >= 0.3 is 0 Å². The minimum Gasteiger partial charge on any atom is -0.379 e. The Morgan fingerprint density at radius 3 is 1.75 bits per heavy atom. The first-order chi connectivity index (χ1) is 15.0. The van der Waals surface area contributed by atoms with Crippen LogP contribution in [0.4, 0.5) is 0 Å². The second kappa shape index (κ2) is 14.5. The lowest BCUT2D eigenvalue weighted by molar-refractivity contribution is -0.128. The predicted octanol–water partition coefficient (Wildman–Crippen LogP) is 2.86. The Morgan fingerprint density at radius 1 is 0.750 bits per heavy atom. The van der Waals surface area contributed by atoms with E-state index in [2.05, 4.69) is 10.3 Å². The predicted molar refractivity (Wildman–Crippen MR) is 120 cm³/mol. The smallest absolute Gasteiger partial charge is 0.140 e. The van der Waals surface area contributed by atoms with Crippen LogP contribution < -0.4 is 0 Å². The summed E-state index contributed by atoms with van der Waals surface area (Å²) in [7, 11) is 0. The summed E-state index contributed by atoms with van der Waals surface area (Å²) in [5.41, 5.74) is 0.0974. The second-order valence-corrected chi connectivity index (χ2v) is 9.71. The lowest BCUT2D eigenvalue weighted by atomic mass is 9.89. The van der Waals surface area contributed by atoms with Gasteiger partial charge in [-0.05, 0) is 0 Å². The summed E-state index contributed by atoms with van der Waals surface area (Å²) < 4.78 is 23.6. The number of carbonyl (C=O) groups is 2. The molecule has 0 unspecified atom stereocenters. The van der Waals surface area contributed by atoms with E-state index in [-0.39, 0.29) is 22.4 Å². The van der Waals surface area contributed by atoms with Gasteiger partial charge in [0.1, 0.15) is 17.3 Å². The fourth-order valence-electron chi connectivity index (χ4n) is 2.47. The van der Waals surface area contributed by atoms with Gasteiger partial charge in [-0.1, -0.05) is 46.8 Å². The third kappa shape index (κ3) is 13.0. The maximum absolute atomic E-state index is 11.8. The van der Waals surface area contributed by atoms with Gasteiger partial charge in [-0.25, -0.2) is 4.68 Å². The standard InChI is InChI=1S/C23H41N3O6/c1-22(2,3)20(27)7-10-29-12-9-26-17-19(24-25-26)18-32-16-15-31-14-13-30-11-8-21(28)23(4,5)6/h17H,7-16,18H2,1-6H3. The molecule has 0 bridgehead atoms. The Bertz CT molecular complexity index is 676. The monoisotopic (exact) mass is 455 g/mol. The van der Waals surface area contributed by atoms with Gasteiger partial charge < -0.3 is 18.9 Å². The zero-order valence-corrected chi connectivity index (χ0v) is 20.6. The molecule has 1 heterocycles. The number of Topliss-reactive ketones (excluding diaryl/α,β-unsaturated/α-hetero) is 2. The van der Waals surface area contributed by atoms with E-state index in [0.29, 0.717) is 72.2 Å². The summed E-state index contributed by atoms with van der Waals surface area (Å²) in [5, 5.41) is 8.11. The highest BCUT2D eigenvalue weighted by Crippen LogP contribution is 2.17. The molecule has 1 aromatic heterocycles. The molecule has 0 aromatic carbocycles. The first kappa shape index (κ1) is 28.4. The van der Waals surface area contributed by atoms with Crippen molar-refractivity contribution in [1.82, 2.24) is 15.0 Å². The molecular weight excluding hydrogens is 414 g/mol. The van der Waals surface area contributed by atoms with Crippen LogP contribution in [0.25, 0.3) is 0 Å². The largest absolute Gasteiger partial charge is 0.379 e. The first-order valence-corrected chi connectivity index (χ1v) is 11.3. The minimum absolute atomic E-state index is 0.196. The second-order valence-electron chi connectivity index (χ2n) is 9.71. The van der Waals surface area contributed by atoms with E-state index in [0.717, 1.165) is 5.69 Å². The Balaban J connectivity index is 1.98. The molecule has 1 aromatic rings. The fourth-order valence-corrected chi connectivity index (χ4v) is 2.47. The lowest BCUT2D eigenvalue weighted by Gasteiger charge is -2.16. The molecule has 0 spiro atoms. The SMILES string of the molecule is CC(C)(C)C(=O)CCOCCOCCOCc1cn(CCOCCC(=O)C(C)(C)C)nn1. The number of hydrogen-bond donors (Lipinski definition) is 0. The topological polar surface area (TPSA) is 102 Å². The van der Waals surface area contributed by atoms with Crippen molar-refractivity contribution in [2.45, 2.75) is 67.5 Å². The molecule has 32 heavy (non-hydrogen) atoms. The number of ketones is 2. The van der Waals surface area contributed by atoms with Crippen molar-refractivity contribution in [3.8, 4) is 0 Å². The Morgan fingerprint density at radius 2 is 1.22 bits per heavy atom. The van der Waals surface area contributed by atoms with E-state index in [1.54, 1.807) is 4.68 Å². The Hall–Kier alpha value is -1.68. The maximum atomic E-state index is 11.8. The minimum atomic E-state index is -0.323. The third-order valence-electron chi connectivity index (χ3n) is 4.66. The van der Waals surface area contributed by atoms with Gasteiger partial charge in [0.05, 0.1) is 65.6 Å². The van der Waals surface area contributed by atoms with Gasteiger partial charge in [0, 0.05) is 23.7 Å². The molecule has 0 amide bonds. The van der Waals surface area contributed by atoms with E-state index >= 15 is 0 Å². The molecule has 0 fully saturated rings. The van der Waals surface area contributed by atoms with E-state index < -0.39 is 0 Å². The summed E-state index contributed by atoms with van der Waals surface area (Å²) >= 11 is 0. The van der Waals surface area contributed by atoms with Gasteiger partial charge in [0.2, 0.25) is 0 Å². The first-order valence-electron chi connectivity index (χ1n) is 11.3. The molecule has 0 aliphatic rings. The molecule has 0 aliphatic heterocycles. The van der Waals surface area contributed by atoms with Crippen LogP contribution >= 0.6 is 0 Å². The normalized spacial score (nSPS) is 12.3. The van der Waals surface area contributed by atoms with Crippen LogP contribution in [0.1, 0.15) is 60.1 Å². The molecule has 1 rings (SSSR count). The van der Waals surface area contributed by atoms with Crippen LogP contribution in [0.2, 0.25) is 0 Å². The van der Waals surface area contributed by atoms with Gasteiger partial charge in [-0.2, -0.15) is 0 Å². The van der Waals surface area contributed by atoms with Gasteiger partial charge in [-0.3, -0.25) is 9.59 Å². The van der Waals surface area contributed by atoms with Crippen molar-refractivity contribution in [2.24, 2.45) is 10.8 Å². The fraction of sp³-hybridized carbons (Fsp3) is 0.826. The molecule has 9 heteroatoms. The number of rotatable bonds is 17. The number of ether oxygens (including phenoxy) is 4. The Labute approximate surface area is 192 Å². The van der Waals surface area contributed by atoms with Crippen LogP contribution in [0.5, 0.6) is 0 Å². The van der Waals surface area contributed by atoms with Crippen LogP contribution in [0, 0.1) is 10.8 Å². The highest BCUT2D eigenvalue weighted by molar-refractivity contribution is 5.84. The molecule has 0 aliphatic carbocycles. The third-order valence-corrected chi connectivity index (χ3v) is 4.66. The Kier molecular flexibility index (Phi) is 12.8. The van der Waals surface area contributed by atoms with Crippen molar-refractivity contribution in [3.05, 3.63) is 11.9 Å². The van der Waals surface area contributed by atoms with E-state index in [1.807, 2.05) is 47.7 Å². The van der Waals surface area contributed by atoms with Crippen LogP contribution in [0.3, 0.4) is 0 Å². The van der Waals surface area contributed by atoms with Crippen LogP contribution in [-0.2, 0) is 41.7 Å². The average Bonchev–Trinajstić information content (AvgIpc) is 3.15. The van der Waals surface area contributed by atoms with Crippen LogP contribution in [0.15, 0.2) is 6.20 Å². The van der Waals surface area contributed by atoms with Crippen molar-refractivity contribution in [2.75, 3.05) is 46.2 Å². The van der Waals surface area contributed by atoms with E-state index in [9.17, 15) is 9.59 Å². The van der Waals surface area contributed by atoms with Gasteiger partial charge in [-0.15, -0.1) is 5.10 Å². The molecule has 0 atom stereocenters. The molecule has 9 nitrogen and oxygen atoms in total. The zero-order valence-electron chi connectivity index (χ0n) is 20.6. The number of hydrogen-bond acceptors (Lipinski definition) is 8. The summed E-state index contributed by atoms with van der Waals surface area (Å²) in [6.07, 6.45) is 2.67.